The Kier molecular flexibility index (Phi) is 5.53. The maximum atomic E-state index is 12.0. The lowest BCUT2D eigenvalue weighted by molar-refractivity contribution is -0.119. The Labute approximate surface area is 109 Å². The maximum Gasteiger partial charge on any atom is 0.577 e. The van der Waals surface area contributed by atoms with E-state index in [1.807, 2.05) is 25.1 Å². The van der Waals surface area contributed by atoms with E-state index < -0.39 is 13.8 Å². The lowest BCUT2D eigenvalue weighted by atomic mass is 9.91. The highest BCUT2D eigenvalue weighted by Gasteiger charge is 2.36. The highest BCUT2D eigenvalue weighted by molar-refractivity contribution is 8.00. The average Bonchev–Trinajstić information content (AvgIpc) is 2.29. The number of halogens is 2. The summed E-state index contributed by atoms with van der Waals surface area (Å²) in [5, 5.41) is 0.0462. The monoisotopic (exact) mass is 269 g/mol. The van der Waals surface area contributed by atoms with Gasteiger partial charge in [0, 0.05) is 15.7 Å². The number of hydrogen-bond acceptors (Lipinski definition) is 3. The first kappa shape index (κ1) is 14.9. The second-order valence-corrected chi connectivity index (χ2v) is 5.27. The van der Waals surface area contributed by atoms with Crippen LogP contribution >= 0.6 is 11.8 Å². The summed E-state index contributed by atoms with van der Waals surface area (Å²) in [7, 11) is -1.00. The molecule has 18 heavy (non-hydrogen) atoms. The number of benzene rings is 1. The highest BCUT2D eigenvalue weighted by atomic mass is 32.2. The third-order valence-electron chi connectivity index (χ3n) is 2.66. The first-order valence-electron chi connectivity index (χ1n) is 5.35. The second-order valence-electron chi connectivity index (χ2n) is 3.85. The van der Waals surface area contributed by atoms with Gasteiger partial charge in [-0.1, -0.05) is 25.1 Å². The van der Waals surface area contributed by atoms with Crippen LogP contribution in [0.5, 0.6) is 0 Å². The summed E-state index contributed by atoms with van der Waals surface area (Å²) in [5.74, 6) is -0.524. The molecule has 1 aliphatic heterocycles. The van der Waals surface area contributed by atoms with Crippen LogP contribution < -0.4 is 0 Å². The molecule has 0 saturated carbocycles. The van der Waals surface area contributed by atoms with E-state index in [0.717, 1.165) is 4.90 Å². The van der Waals surface area contributed by atoms with Crippen molar-refractivity contribution in [2.75, 3.05) is 0 Å². The van der Waals surface area contributed by atoms with Crippen molar-refractivity contribution in [2.45, 2.75) is 24.0 Å². The van der Waals surface area contributed by atoms with Crippen molar-refractivity contribution in [3.63, 3.8) is 0 Å². The fourth-order valence-electron chi connectivity index (χ4n) is 1.94. The third kappa shape index (κ3) is 3.19. The summed E-state index contributed by atoms with van der Waals surface area (Å²) < 4.78 is 19.0. The Morgan fingerprint density at radius 2 is 1.89 bits per heavy atom. The van der Waals surface area contributed by atoms with E-state index in [1.165, 1.54) is 6.92 Å². The fourth-order valence-corrected chi connectivity index (χ4v) is 3.24. The molecule has 2 unspecified atom stereocenters. The van der Waals surface area contributed by atoms with Crippen molar-refractivity contribution < 1.29 is 18.2 Å². The molecule has 2 atom stereocenters. The SMILES string of the molecule is CC(=O)C1C(=O)c2ccccc2SC1C.F[B]F. The van der Waals surface area contributed by atoms with Crippen LogP contribution in [0.2, 0.25) is 0 Å². The first-order chi connectivity index (χ1) is 8.52. The van der Waals surface area contributed by atoms with Crippen LogP contribution in [0.3, 0.4) is 0 Å². The van der Waals surface area contributed by atoms with Crippen LogP contribution in [-0.4, -0.2) is 24.7 Å². The lowest BCUT2D eigenvalue weighted by Crippen LogP contribution is -2.33. The molecule has 0 bridgehead atoms. The summed E-state index contributed by atoms with van der Waals surface area (Å²) in [6.45, 7) is 3.43. The van der Waals surface area contributed by atoms with Crippen LogP contribution in [0.1, 0.15) is 24.2 Å². The summed E-state index contributed by atoms with van der Waals surface area (Å²) in [5.41, 5.74) is 0.695. The van der Waals surface area contributed by atoms with Crippen molar-refractivity contribution in [1.82, 2.24) is 0 Å². The van der Waals surface area contributed by atoms with E-state index >= 15 is 0 Å². The van der Waals surface area contributed by atoms with E-state index in [2.05, 4.69) is 0 Å². The number of hydrogen-bond donors (Lipinski definition) is 0. The van der Waals surface area contributed by atoms with Gasteiger partial charge >= 0.3 is 7.83 Å². The zero-order chi connectivity index (χ0) is 13.7. The van der Waals surface area contributed by atoms with Gasteiger partial charge in [-0.2, -0.15) is 0 Å². The summed E-state index contributed by atoms with van der Waals surface area (Å²) in [4.78, 5) is 24.4. The summed E-state index contributed by atoms with van der Waals surface area (Å²) >= 11 is 1.61. The van der Waals surface area contributed by atoms with E-state index in [-0.39, 0.29) is 16.8 Å². The number of carbonyl (C=O) groups excluding carboxylic acids is 2. The molecule has 1 heterocycles. The van der Waals surface area contributed by atoms with Crippen molar-refractivity contribution in [3.05, 3.63) is 29.8 Å². The number of Topliss-reactive ketones (excluding diaryl/α,β-unsaturated/α-hetero) is 2. The van der Waals surface area contributed by atoms with Crippen molar-refractivity contribution in [1.29, 1.82) is 0 Å². The van der Waals surface area contributed by atoms with Gasteiger partial charge in [-0.15, -0.1) is 11.8 Å². The molecule has 2 rings (SSSR count). The largest absolute Gasteiger partial charge is 0.577 e. The van der Waals surface area contributed by atoms with Gasteiger partial charge < -0.3 is 0 Å². The maximum absolute atomic E-state index is 12.0. The molecule has 0 aromatic heterocycles. The van der Waals surface area contributed by atoms with Gasteiger partial charge in [-0.25, -0.2) is 0 Å². The van der Waals surface area contributed by atoms with Crippen LogP contribution in [0, 0.1) is 5.92 Å². The molecule has 0 spiro atoms. The summed E-state index contributed by atoms with van der Waals surface area (Å²) in [6, 6.07) is 7.49. The molecule has 6 heteroatoms. The van der Waals surface area contributed by atoms with Crippen LogP contribution in [0.15, 0.2) is 29.2 Å². The molecule has 2 nitrogen and oxygen atoms in total. The van der Waals surface area contributed by atoms with Crippen LogP contribution in [0.25, 0.3) is 0 Å². The molecule has 0 saturated heterocycles. The molecule has 1 aromatic carbocycles. The second kappa shape index (κ2) is 6.68. The Morgan fingerprint density at radius 1 is 1.33 bits per heavy atom. The van der Waals surface area contributed by atoms with E-state index in [0.29, 0.717) is 5.56 Å². The van der Waals surface area contributed by atoms with Gasteiger partial charge in [0.1, 0.15) is 5.78 Å². The smallest absolute Gasteiger partial charge is 0.299 e. The number of carbonyl (C=O) groups is 2. The quantitative estimate of drug-likeness (QED) is 0.580. The van der Waals surface area contributed by atoms with Crippen molar-refractivity contribution in [3.8, 4) is 0 Å². The van der Waals surface area contributed by atoms with Gasteiger partial charge in [0.25, 0.3) is 0 Å². The van der Waals surface area contributed by atoms with Gasteiger partial charge in [-0.3, -0.25) is 18.2 Å². The normalized spacial score (nSPS) is 21.4. The topological polar surface area (TPSA) is 34.1 Å². The number of ketones is 2. The Morgan fingerprint density at radius 3 is 2.44 bits per heavy atom. The zero-order valence-electron chi connectivity index (χ0n) is 10.0. The molecule has 0 aliphatic carbocycles. The number of rotatable bonds is 1. The molecule has 1 aliphatic rings. The van der Waals surface area contributed by atoms with Crippen molar-refractivity contribution in [2.24, 2.45) is 5.92 Å². The lowest BCUT2D eigenvalue weighted by Gasteiger charge is -2.26. The standard InChI is InChI=1S/C12H12O2S.BF2/c1-7(13)11-8(2)15-10-6-4-3-5-9(10)12(11)14;2-1-3/h3-6,8,11H,1-2H3;. The van der Waals surface area contributed by atoms with Gasteiger partial charge in [-0.05, 0) is 13.0 Å². The minimum atomic E-state index is -1.00. The predicted molar refractivity (Wildman–Crippen MR) is 68.2 cm³/mol. The molecule has 1 aromatic rings. The van der Waals surface area contributed by atoms with E-state index in [1.54, 1.807) is 17.8 Å². The highest BCUT2D eigenvalue weighted by Crippen LogP contribution is 2.38. The fraction of sp³-hybridized carbons (Fsp3) is 0.333. The van der Waals surface area contributed by atoms with Crippen LogP contribution in [-0.2, 0) is 4.79 Å². The number of fused-ring (bicyclic) bond motifs is 1. The number of thioether (sulfide) groups is 1. The van der Waals surface area contributed by atoms with E-state index in [4.69, 9.17) is 0 Å². The molecule has 0 amide bonds. The molecule has 1 radical (unpaired) electrons. The van der Waals surface area contributed by atoms with Crippen LogP contribution in [0.4, 0.5) is 8.63 Å². The Hall–Kier alpha value is -1.17. The average molecular weight is 269 g/mol. The Balaban J connectivity index is 0.000000492. The van der Waals surface area contributed by atoms with Gasteiger partial charge in [0.2, 0.25) is 0 Å². The van der Waals surface area contributed by atoms with Gasteiger partial charge in [0.05, 0.1) is 5.92 Å². The molecule has 0 N–H and O–H groups in total. The van der Waals surface area contributed by atoms with Gasteiger partial charge in [0.15, 0.2) is 5.78 Å². The summed E-state index contributed by atoms with van der Waals surface area (Å²) in [6.07, 6.45) is 0. The minimum absolute atomic E-state index is 0.0237. The molecule has 0 fully saturated rings. The molecular formula is C12H12BF2O2S. The Bertz CT molecular complexity index is 453. The zero-order valence-corrected chi connectivity index (χ0v) is 10.8. The molecular weight excluding hydrogens is 257 g/mol. The minimum Gasteiger partial charge on any atom is -0.299 e. The van der Waals surface area contributed by atoms with E-state index in [9.17, 15) is 18.2 Å². The first-order valence-corrected chi connectivity index (χ1v) is 6.23. The third-order valence-corrected chi connectivity index (χ3v) is 3.91. The predicted octanol–water partition coefficient (Wildman–Crippen LogP) is 3.03. The molecule has 95 valence electrons. The van der Waals surface area contributed by atoms with Crippen molar-refractivity contribution >= 4 is 31.2 Å².